The first-order valence-corrected chi connectivity index (χ1v) is 10.7. The smallest absolute Gasteiger partial charge is 0.344 e. The molecule has 7 nitrogen and oxygen atoms in total. The molecule has 2 N–H and O–H groups in total. The molecule has 3 aromatic rings. The number of nitrogens with zero attached hydrogens (tertiary/aromatic N) is 1. The molecule has 1 fully saturated rings. The highest BCUT2D eigenvalue weighted by atomic mass is 16.5. The maximum Gasteiger partial charge on any atom is 0.344 e. The lowest BCUT2D eigenvalue weighted by molar-refractivity contribution is -0.132. The Morgan fingerprint density at radius 2 is 1.55 bits per heavy atom. The van der Waals surface area contributed by atoms with Crippen LogP contribution in [0.5, 0.6) is 5.75 Å². The van der Waals surface area contributed by atoms with Crippen LogP contribution < -0.4 is 15.5 Å². The van der Waals surface area contributed by atoms with Crippen LogP contribution in [0.1, 0.15) is 34.8 Å². The van der Waals surface area contributed by atoms with E-state index < -0.39 is 23.4 Å². The highest BCUT2D eigenvalue weighted by Gasteiger charge is 2.48. The predicted molar refractivity (Wildman–Crippen MR) is 123 cm³/mol. The maximum atomic E-state index is 12.9. The van der Waals surface area contributed by atoms with Gasteiger partial charge in [0.25, 0.3) is 11.8 Å². The zero-order chi connectivity index (χ0) is 23.3. The third-order valence-corrected chi connectivity index (χ3v) is 5.60. The van der Waals surface area contributed by atoms with Crippen molar-refractivity contribution in [1.82, 2.24) is 15.8 Å². The van der Waals surface area contributed by atoms with Crippen LogP contribution in [0.3, 0.4) is 0 Å². The van der Waals surface area contributed by atoms with Crippen LogP contribution in [0.25, 0.3) is 0 Å². The second-order valence-corrected chi connectivity index (χ2v) is 8.13. The van der Waals surface area contributed by atoms with Gasteiger partial charge in [-0.2, -0.15) is 5.01 Å². The molecular formula is C26H25N3O4. The molecule has 33 heavy (non-hydrogen) atoms. The lowest BCUT2D eigenvalue weighted by Gasteiger charge is -2.21. The van der Waals surface area contributed by atoms with Gasteiger partial charge in [-0.05, 0) is 55.2 Å². The average molecular weight is 444 g/mol. The van der Waals surface area contributed by atoms with Crippen LogP contribution in [0.15, 0.2) is 84.9 Å². The summed E-state index contributed by atoms with van der Waals surface area (Å²) < 4.78 is 5.70. The van der Waals surface area contributed by atoms with Gasteiger partial charge in [0.05, 0.1) is 0 Å². The van der Waals surface area contributed by atoms with Crippen LogP contribution in [0.2, 0.25) is 0 Å². The number of carbonyl (C=O) groups excluding carboxylic acids is 3. The highest BCUT2D eigenvalue weighted by Crippen LogP contribution is 2.22. The fraction of sp³-hybridized carbons (Fsp3) is 0.192. The van der Waals surface area contributed by atoms with E-state index in [4.69, 9.17) is 4.74 Å². The normalized spacial score (nSPS) is 17.5. The molecule has 0 aromatic heterocycles. The fourth-order valence-corrected chi connectivity index (χ4v) is 3.60. The maximum absolute atomic E-state index is 12.9. The van der Waals surface area contributed by atoms with E-state index in [2.05, 4.69) is 10.7 Å². The molecule has 4 amide bonds. The van der Waals surface area contributed by atoms with Gasteiger partial charge in [-0.1, -0.05) is 60.7 Å². The van der Waals surface area contributed by atoms with Crippen molar-refractivity contribution >= 4 is 17.8 Å². The molecule has 1 aliphatic heterocycles. The summed E-state index contributed by atoms with van der Waals surface area (Å²) >= 11 is 0. The molecular weight excluding hydrogens is 418 g/mol. The van der Waals surface area contributed by atoms with Gasteiger partial charge in [-0.15, -0.1) is 0 Å². The number of nitrogens with one attached hydrogen (secondary N) is 2. The molecule has 0 bridgehead atoms. The Kier molecular flexibility index (Phi) is 6.40. The van der Waals surface area contributed by atoms with Gasteiger partial charge in [0, 0.05) is 5.56 Å². The number of para-hydroxylation sites is 1. The van der Waals surface area contributed by atoms with Crippen LogP contribution in [0.4, 0.5) is 4.79 Å². The summed E-state index contributed by atoms with van der Waals surface area (Å²) in [4.78, 5) is 38.0. The molecule has 1 heterocycles. The molecule has 1 aliphatic rings. The van der Waals surface area contributed by atoms with Crippen molar-refractivity contribution in [2.45, 2.75) is 31.9 Å². The number of carbonyl (C=O) groups is 3. The van der Waals surface area contributed by atoms with E-state index in [0.29, 0.717) is 25.0 Å². The van der Waals surface area contributed by atoms with E-state index >= 15 is 0 Å². The average Bonchev–Trinajstić information content (AvgIpc) is 3.06. The van der Waals surface area contributed by atoms with Crippen molar-refractivity contribution in [3.63, 3.8) is 0 Å². The van der Waals surface area contributed by atoms with Crippen molar-refractivity contribution in [2.75, 3.05) is 0 Å². The first-order chi connectivity index (χ1) is 15.9. The summed E-state index contributed by atoms with van der Waals surface area (Å²) in [6, 6.07) is 25.3. The number of rotatable bonds is 8. The van der Waals surface area contributed by atoms with Crippen LogP contribution >= 0.6 is 0 Å². The number of ether oxygens (including phenoxy) is 1. The SMILES string of the molecule is CC1(CCc2ccccc2)NC(=O)N(NC(=O)c2ccc(COc3ccccc3)cc2)C1=O. The lowest BCUT2D eigenvalue weighted by atomic mass is 9.93. The molecule has 7 heteroatoms. The Morgan fingerprint density at radius 1 is 0.909 bits per heavy atom. The minimum absolute atomic E-state index is 0.331. The third-order valence-electron chi connectivity index (χ3n) is 5.60. The summed E-state index contributed by atoms with van der Waals surface area (Å²) in [6.07, 6.45) is 1.04. The minimum Gasteiger partial charge on any atom is -0.489 e. The topological polar surface area (TPSA) is 87.7 Å². The van der Waals surface area contributed by atoms with Crippen LogP contribution in [0, 0.1) is 0 Å². The van der Waals surface area contributed by atoms with E-state index in [9.17, 15) is 14.4 Å². The van der Waals surface area contributed by atoms with Gasteiger partial charge < -0.3 is 10.1 Å². The number of hydrazine groups is 1. The van der Waals surface area contributed by atoms with Crippen LogP contribution in [-0.2, 0) is 17.8 Å². The summed E-state index contributed by atoms with van der Waals surface area (Å²) in [6.45, 7) is 2.03. The van der Waals surface area contributed by atoms with E-state index in [1.807, 2.05) is 60.7 Å². The first kappa shape index (κ1) is 22.1. The number of urea groups is 1. The van der Waals surface area contributed by atoms with Gasteiger partial charge in [0.2, 0.25) is 0 Å². The fourth-order valence-electron chi connectivity index (χ4n) is 3.60. The summed E-state index contributed by atoms with van der Waals surface area (Å²) in [7, 11) is 0. The number of benzene rings is 3. The second kappa shape index (κ2) is 9.56. The molecule has 3 aromatic carbocycles. The predicted octanol–water partition coefficient (Wildman–Crippen LogP) is 3.85. The number of aryl methyl sites for hydroxylation is 1. The van der Waals surface area contributed by atoms with Crippen LogP contribution in [-0.4, -0.2) is 28.4 Å². The molecule has 0 radical (unpaired) electrons. The molecule has 1 saturated heterocycles. The Morgan fingerprint density at radius 3 is 2.21 bits per heavy atom. The summed E-state index contributed by atoms with van der Waals surface area (Å²) in [5.74, 6) is -0.265. The minimum atomic E-state index is -1.08. The highest BCUT2D eigenvalue weighted by molar-refractivity contribution is 6.09. The number of imide groups is 1. The quantitative estimate of drug-likeness (QED) is 0.518. The Balaban J connectivity index is 1.34. The van der Waals surface area contributed by atoms with Crippen molar-refractivity contribution < 1.29 is 19.1 Å². The lowest BCUT2D eigenvalue weighted by Crippen LogP contribution is -2.48. The van der Waals surface area contributed by atoms with Crippen molar-refractivity contribution in [2.24, 2.45) is 0 Å². The largest absolute Gasteiger partial charge is 0.489 e. The second-order valence-electron chi connectivity index (χ2n) is 8.13. The van der Waals surface area contributed by atoms with Gasteiger partial charge in [0.1, 0.15) is 17.9 Å². The van der Waals surface area contributed by atoms with E-state index in [0.717, 1.165) is 21.9 Å². The molecule has 168 valence electrons. The summed E-state index contributed by atoms with van der Waals surface area (Å²) in [5, 5.41) is 3.47. The number of hydrogen-bond acceptors (Lipinski definition) is 4. The Hall–Kier alpha value is -4.13. The molecule has 0 saturated carbocycles. The number of hydrogen-bond donors (Lipinski definition) is 2. The molecule has 0 spiro atoms. The van der Waals surface area contributed by atoms with E-state index in [1.165, 1.54) is 0 Å². The summed E-state index contributed by atoms with van der Waals surface area (Å²) in [5.41, 5.74) is 3.63. The molecule has 0 aliphatic carbocycles. The third kappa shape index (κ3) is 5.20. The molecule has 4 rings (SSSR count). The Bertz CT molecular complexity index is 1130. The zero-order valence-corrected chi connectivity index (χ0v) is 18.3. The van der Waals surface area contributed by atoms with E-state index in [1.54, 1.807) is 31.2 Å². The van der Waals surface area contributed by atoms with E-state index in [-0.39, 0.29) is 0 Å². The van der Waals surface area contributed by atoms with Gasteiger partial charge in [-0.25, -0.2) is 4.79 Å². The first-order valence-electron chi connectivity index (χ1n) is 10.7. The number of amides is 4. The zero-order valence-electron chi connectivity index (χ0n) is 18.3. The monoisotopic (exact) mass is 443 g/mol. The van der Waals surface area contributed by atoms with Gasteiger partial charge >= 0.3 is 6.03 Å². The van der Waals surface area contributed by atoms with Crippen molar-refractivity contribution in [3.05, 3.63) is 102 Å². The van der Waals surface area contributed by atoms with Crippen molar-refractivity contribution in [1.29, 1.82) is 0 Å². The standard InChI is InChI=1S/C26H25N3O4/c1-26(17-16-19-8-4-2-5-9-19)24(31)29(25(32)27-26)28-23(30)21-14-12-20(13-15-21)18-33-22-10-6-3-7-11-22/h2-15H,16-18H2,1H3,(H,27,32)(H,28,30). The van der Waals surface area contributed by atoms with Gasteiger partial charge in [0.15, 0.2) is 0 Å². The Labute approximate surface area is 192 Å². The molecule has 1 atom stereocenters. The molecule has 1 unspecified atom stereocenters. The van der Waals surface area contributed by atoms with Crippen molar-refractivity contribution in [3.8, 4) is 5.75 Å². The van der Waals surface area contributed by atoms with Gasteiger partial charge in [-0.3, -0.25) is 15.0 Å².